The van der Waals surface area contributed by atoms with E-state index in [1.54, 1.807) is 28.8 Å². The predicted octanol–water partition coefficient (Wildman–Crippen LogP) is 3.49. The maximum absolute atomic E-state index is 12.9. The summed E-state index contributed by atoms with van der Waals surface area (Å²) in [6.45, 7) is 0.457. The molecular formula is C22H21F3N4O3. The van der Waals surface area contributed by atoms with Gasteiger partial charge in [0.05, 0.1) is 23.1 Å². The lowest BCUT2D eigenvalue weighted by atomic mass is 10.2. The highest BCUT2D eigenvalue weighted by molar-refractivity contribution is 5.92. The molecular weight excluding hydrogens is 425 g/mol. The van der Waals surface area contributed by atoms with Gasteiger partial charge in [0.2, 0.25) is 11.8 Å². The van der Waals surface area contributed by atoms with Crippen LogP contribution in [0.3, 0.4) is 0 Å². The normalized spacial score (nSPS) is 16.3. The summed E-state index contributed by atoms with van der Waals surface area (Å²) in [7, 11) is 0. The molecule has 1 saturated heterocycles. The highest BCUT2D eigenvalue weighted by Crippen LogP contribution is 2.30. The molecule has 0 radical (unpaired) electrons. The van der Waals surface area contributed by atoms with Crippen LogP contribution >= 0.6 is 0 Å². The van der Waals surface area contributed by atoms with Gasteiger partial charge in [-0.2, -0.15) is 13.2 Å². The Hall–Kier alpha value is -3.40. The van der Waals surface area contributed by atoms with Crippen molar-refractivity contribution in [2.75, 3.05) is 11.9 Å². The minimum Gasteiger partial charge on any atom is -0.368 e. The first-order valence-electron chi connectivity index (χ1n) is 10.1. The van der Waals surface area contributed by atoms with Crippen molar-refractivity contribution in [2.24, 2.45) is 0 Å². The number of rotatable bonds is 6. The molecule has 1 aliphatic rings. The van der Waals surface area contributed by atoms with Crippen molar-refractivity contribution in [3.05, 3.63) is 59.9 Å². The lowest BCUT2D eigenvalue weighted by Crippen LogP contribution is -2.34. The molecule has 7 nitrogen and oxygen atoms in total. The molecule has 0 aliphatic carbocycles. The van der Waals surface area contributed by atoms with Gasteiger partial charge in [-0.3, -0.25) is 9.59 Å². The van der Waals surface area contributed by atoms with Gasteiger partial charge in [0.25, 0.3) is 0 Å². The number of nitrogens with one attached hydrogen (secondary N) is 2. The van der Waals surface area contributed by atoms with Crippen molar-refractivity contribution in [3.63, 3.8) is 0 Å². The van der Waals surface area contributed by atoms with Crippen LogP contribution in [0.1, 0.15) is 24.2 Å². The summed E-state index contributed by atoms with van der Waals surface area (Å²) >= 11 is 0. The second-order valence-electron chi connectivity index (χ2n) is 7.45. The quantitative estimate of drug-likeness (QED) is 0.607. The number of fused-ring (bicyclic) bond motifs is 1. The Morgan fingerprint density at radius 1 is 1.16 bits per heavy atom. The molecule has 1 unspecified atom stereocenters. The van der Waals surface area contributed by atoms with Crippen LogP contribution in [0, 0.1) is 0 Å². The van der Waals surface area contributed by atoms with Crippen LogP contribution in [-0.4, -0.2) is 34.1 Å². The van der Waals surface area contributed by atoms with Gasteiger partial charge in [-0.05, 0) is 43.2 Å². The van der Waals surface area contributed by atoms with Crippen molar-refractivity contribution < 1.29 is 27.5 Å². The fourth-order valence-corrected chi connectivity index (χ4v) is 3.62. The number of alkyl halides is 3. The summed E-state index contributed by atoms with van der Waals surface area (Å²) in [6.07, 6.45) is -3.51. The lowest BCUT2D eigenvalue weighted by Gasteiger charge is -2.13. The Morgan fingerprint density at radius 2 is 1.97 bits per heavy atom. The van der Waals surface area contributed by atoms with Crippen molar-refractivity contribution in [1.29, 1.82) is 0 Å². The molecule has 0 spiro atoms. The smallest absolute Gasteiger partial charge is 0.368 e. The number of anilines is 1. The first-order chi connectivity index (χ1) is 15.3. The second kappa shape index (κ2) is 8.99. The molecule has 0 saturated carbocycles. The van der Waals surface area contributed by atoms with E-state index in [0.717, 1.165) is 18.6 Å². The number of aromatic nitrogens is 2. The van der Waals surface area contributed by atoms with Gasteiger partial charge in [0.15, 0.2) is 0 Å². The van der Waals surface area contributed by atoms with Gasteiger partial charge in [0, 0.05) is 12.3 Å². The first kappa shape index (κ1) is 21.8. The van der Waals surface area contributed by atoms with Crippen molar-refractivity contribution in [2.45, 2.75) is 38.2 Å². The molecule has 1 aromatic heterocycles. The number of amides is 2. The number of benzene rings is 2. The number of nitrogens with zero attached hydrogens (tertiary/aromatic N) is 2. The average molecular weight is 446 g/mol. The summed E-state index contributed by atoms with van der Waals surface area (Å²) < 4.78 is 45.8. The SMILES string of the molecule is O=C(Cn1c(CNC(=O)C2CCCO2)nc2ccccc21)Nc1cccc(C(F)(F)F)c1. The van der Waals surface area contributed by atoms with E-state index in [2.05, 4.69) is 15.6 Å². The van der Waals surface area contributed by atoms with Crippen LogP contribution in [0.15, 0.2) is 48.5 Å². The Balaban J connectivity index is 1.51. The van der Waals surface area contributed by atoms with E-state index < -0.39 is 23.8 Å². The van der Waals surface area contributed by atoms with Crippen molar-refractivity contribution in [3.8, 4) is 0 Å². The average Bonchev–Trinajstić information content (AvgIpc) is 3.40. The zero-order valence-corrected chi connectivity index (χ0v) is 17.0. The molecule has 2 N–H and O–H groups in total. The van der Waals surface area contributed by atoms with E-state index in [4.69, 9.17) is 4.74 Å². The molecule has 168 valence electrons. The zero-order valence-electron chi connectivity index (χ0n) is 17.0. The van der Waals surface area contributed by atoms with Crippen LogP contribution in [0.4, 0.5) is 18.9 Å². The fourth-order valence-electron chi connectivity index (χ4n) is 3.62. The van der Waals surface area contributed by atoms with Gasteiger partial charge < -0.3 is 19.9 Å². The molecule has 4 rings (SSSR count). The monoisotopic (exact) mass is 446 g/mol. The van der Waals surface area contributed by atoms with Gasteiger partial charge in [0.1, 0.15) is 18.5 Å². The minimum absolute atomic E-state index is 0.0440. The van der Waals surface area contributed by atoms with Crippen molar-refractivity contribution in [1.82, 2.24) is 14.9 Å². The van der Waals surface area contributed by atoms with Crippen LogP contribution in [0.2, 0.25) is 0 Å². The summed E-state index contributed by atoms with van der Waals surface area (Å²) in [4.78, 5) is 29.4. The number of hydrogen-bond donors (Lipinski definition) is 2. The third-order valence-electron chi connectivity index (χ3n) is 5.15. The van der Waals surface area contributed by atoms with Crippen LogP contribution < -0.4 is 10.6 Å². The predicted molar refractivity (Wildman–Crippen MR) is 111 cm³/mol. The number of carbonyl (C=O) groups is 2. The maximum Gasteiger partial charge on any atom is 0.416 e. The van der Waals surface area contributed by atoms with E-state index in [-0.39, 0.29) is 24.7 Å². The molecule has 2 aromatic carbocycles. The molecule has 10 heteroatoms. The van der Waals surface area contributed by atoms with E-state index in [9.17, 15) is 22.8 Å². The standard InChI is InChI=1S/C22H21F3N4O3/c23-22(24,25)14-5-3-6-15(11-14)27-20(30)13-29-17-8-2-1-7-16(17)28-19(29)12-26-21(31)18-9-4-10-32-18/h1-3,5-8,11,18H,4,9-10,12-13H2,(H,26,31)(H,27,30). The number of halogens is 3. The van der Waals surface area contributed by atoms with E-state index in [1.165, 1.54) is 12.1 Å². The molecule has 0 bridgehead atoms. The third kappa shape index (κ3) is 4.91. The molecule has 32 heavy (non-hydrogen) atoms. The van der Waals surface area contributed by atoms with Crippen LogP contribution in [0.5, 0.6) is 0 Å². The molecule has 2 amide bonds. The summed E-state index contributed by atoms with van der Waals surface area (Å²) in [5.41, 5.74) is 0.511. The topological polar surface area (TPSA) is 85.2 Å². The van der Waals surface area contributed by atoms with Crippen molar-refractivity contribution >= 4 is 28.5 Å². The molecule has 1 fully saturated rings. The summed E-state index contributed by atoms with van der Waals surface area (Å²) in [5, 5.41) is 5.28. The highest BCUT2D eigenvalue weighted by atomic mass is 19.4. The van der Waals surface area contributed by atoms with E-state index in [0.29, 0.717) is 29.9 Å². The number of hydrogen-bond acceptors (Lipinski definition) is 4. The Kier molecular flexibility index (Phi) is 6.13. The molecule has 1 aliphatic heterocycles. The number of imidazole rings is 1. The van der Waals surface area contributed by atoms with Gasteiger partial charge in [-0.15, -0.1) is 0 Å². The number of ether oxygens (including phenoxy) is 1. The van der Waals surface area contributed by atoms with E-state index in [1.807, 2.05) is 0 Å². The molecule has 2 heterocycles. The Bertz CT molecular complexity index is 1140. The number of para-hydroxylation sites is 2. The summed E-state index contributed by atoms with van der Waals surface area (Å²) in [6, 6.07) is 11.6. The van der Waals surface area contributed by atoms with Crippen LogP contribution in [0.25, 0.3) is 11.0 Å². The number of carbonyl (C=O) groups excluding carboxylic acids is 2. The Morgan fingerprint density at radius 3 is 2.72 bits per heavy atom. The minimum atomic E-state index is -4.50. The molecule has 3 aromatic rings. The third-order valence-corrected chi connectivity index (χ3v) is 5.15. The largest absolute Gasteiger partial charge is 0.416 e. The van der Waals surface area contributed by atoms with Crippen LogP contribution in [-0.2, 0) is 33.6 Å². The lowest BCUT2D eigenvalue weighted by molar-refractivity contribution is -0.137. The first-order valence-corrected chi connectivity index (χ1v) is 10.1. The van der Waals surface area contributed by atoms with Gasteiger partial charge in [-0.25, -0.2) is 4.98 Å². The van der Waals surface area contributed by atoms with E-state index >= 15 is 0 Å². The summed E-state index contributed by atoms with van der Waals surface area (Å²) in [5.74, 6) is -0.301. The molecule has 1 atom stereocenters. The maximum atomic E-state index is 12.9. The van der Waals surface area contributed by atoms with Gasteiger partial charge >= 0.3 is 6.18 Å². The Labute approximate surface area is 181 Å². The fraction of sp³-hybridized carbons (Fsp3) is 0.318. The zero-order chi connectivity index (χ0) is 22.7. The highest BCUT2D eigenvalue weighted by Gasteiger charge is 2.30. The van der Waals surface area contributed by atoms with Gasteiger partial charge in [-0.1, -0.05) is 18.2 Å². The second-order valence-corrected chi connectivity index (χ2v) is 7.45.